The van der Waals surface area contributed by atoms with Gasteiger partial charge in [-0.15, -0.1) is 0 Å². The molecule has 2 nitrogen and oxygen atoms in total. The first-order valence-corrected chi connectivity index (χ1v) is 4.07. The van der Waals surface area contributed by atoms with Crippen molar-refractivity contribution >= 4 is 0 Å². The molecule has 0 heterocycles. The van der Waals surface area contributed by atoms with Gasteiger partial charge in [-0.1, -0.05) is 30.3 Å². The van der Waals surface area contributed by atoms with E-state index in [4.69, 9.17) is 10.2 Å². The zero-order valence-corrected chi connectivity index (χ0v) is 7.20. The Labute approximate surface area is 72.5 Å². The summed E-state index contributed by atoms with van der Waals surface area (Å²) in [4.78, 5) is 0. The monoisotopic (exact) mass is 166 g/mol. The van der Waals surface area contributed by atoms with Crippen LogP contribution in [0.25, 0.3) is 0 Å². The van der Waals surface area contributed by atoms with Crippen LogP contribution in [0, 0.1) is 0 Å². The molecule has 12 heavy (non-hydrogen) atoms. The number of hydrogen-bond acceptors (Lipinski definition) is 2. The standard InChI is InChI=1S/C10H14O2/c1-10(11,12)8-7-9-5-3-2-4-6-9/h2-6,11-12H,7-8H2,1H3. The Kier molecular flexibility index (Phi) is 2.84. The highest BCUT2D eigenvalue weighted by atomic mass is 16.5. The molecule has 1 rings (SSSR count). The number of aliphatic hydroxyl groups is 2. The van der Waals surface area contributed by atoms with Gasteiger partial charge in [0, 0.05) is 6.42 Å². The van der Waals surface area contributed by atoms with Crippen LogP contribution in [0.5, 0.6) is 0 Å². The third-order valence-corrected chi connectivity index (χ3v) is 1.73. The van der Waals surface area contributed by atoms with E-state index in [1.54, 1.807) is 0 Å². The topological polar surface area (TPSA) is 40.5 Å². The molecule has 0 aliphatic rings. The average Bonchev–Trinajstić information content (AvgIpc) is 2.02. The van der Waals surface area contributed by atoms with Crippen LogP contribution in [0.2, 0.25) is 0 Å². The van der Waals surface area contributed by atoms with Crippen LogP contribution in [0.4, 0.5) is 0 Å². The molecule has 0 aliphatic carbocycles. The molecule has 0 amide bonds. The molecule has 1 aromatic rings. The predicted octanol–water partition coefficient (Wildman–Crippen LogP) is 1.32. The molecular weight excluding hydrogens is 152 g/mol. The van der Waals surface area contributed by atoms with Gasteiger partial charge in [0.15, 0.2) is 5.79 Å². The van der Waals surface area contributed by atoms with Gasteiger partial charge in [0.05, 0.1) is 0 Å². The van der Waals surface area contributed by atoms with Gasteiger partial charge in [0.2, 0.25) is 0 Å². The van der Waals surface area contributed by atoms with Crippen molar-refractivity contribution in [1.82, 2.24) is 0 Å². The van der Waals surface area contributed by atoms with Crippen LogP contribution in [-0.2, 0) is 6.42 Å². The van der Waals surface area contributed by atoms with Crippen molar-refractivity contribution in [3.63, 3.8) is 0 Å². The van der Waals surface area contributed by atoms with Crippen molar-refractivity contribution in [3.8, 4) is 0 Å². The van der Waals surface area contributed by atoms with Crippen molar-refractivity contribution < 1.29 is 10.2 Å². The minimum Gasteiger partial charge on any atom is -0.366 e. The van der Waals surface area contributed by atoms with Gasteiger partial charge in [-0.3, -0.25) is 0 Å². The number of benzene rings is 1. The Morgan fingerprint density at radius 3 is 2.25 bits per heavy atom. The second-order valence-corrected chi connectivity index (χ2v) is 3.20. The normalized spacial score (nSPS) is 11.6. The van der Waals surface area contributed by atoms with Crippen molar-refractivity contribution in [3.05, 3.63) is 35.9 Å². The first-order chi connectivity index (χ1) is 5.58. The van der Waals surface area contributed by atoms with Crippen LogP contribution < -0.4 is 0 Å². The Balaban J connectivity index is 2.44. The van der Waals surface area contributed by atoms with Crippen LogP contribution in [0.15, 0.2) is 30.3 Å². The lowest BCUT2D eigenvalue weighted by atomic mass is 10.1. The largest absolute Gasteiger partial charge is 0.366 e. The van der Waals surface area contributed by atoms with E-state index in [1.165, 1.54) is 6.92 Å². The minimum atomic E-state index is -1.55. The first kappa shape index (κ1) is 9.23. The van der Waals surface area contributed by atoms with Gasteiger partial charge < -0.3 is 10.2 Å². The SMILES string of the molecule is CC(O)(O)CCc1ccccc1. The van der Waals surface area contributed by atoms with E-state index in [0.29, 0.717) is 12.8 Å². The highest BCUT2D eigenvalue weighted by molar-refractivity contribution is 5.14. The third-order valence-electron chi connectivity index (χ3n) is 1.73. The van der Waals surface area contributed by atoms with Gasteiger partial charge in [-0.05, 0) is 18.9 Å². The average molecular weight is 166 g/mol. The van der Waals surface area contributed by atoms with Crippen LogP contribution in [-0.4, -0.2) is 16.0 Å². The summed E-state index contributed by atoms with van der Waals surface area (Å²) in [7, 11) is 0. The van der Waals surface area contributed by atoms with E-state index in [2.05, 4.69) is 0 Å². The van der Waals surface area contributed by atoms with Gasteiger partial charge in [-0.25, -0.2) is 0 Å². The lowest BCUT2D eigenvalue weighted by molar-refractivity contribution is -0.148. The van der Waals surface area contributed by atoms with E-state index in [-0.39, 0.29) is 0 Å². The van der Waals surface area contributed by atoms with E-state index in [9.17, 15) is 0 Å². The molecule has 0 saturated heterocycles. The van der Waals surface area contributed by atoms with Crippen molar-refractivity contribution in [2.75, 3.05) is 0 Å². The molecule has 66 valence electrons. The quantitative estimate of drug-likeness (QED) is 0.665. The zero-order chi connectivity index (χ0) is 9.03. The van der Waals surface area contributed by atoms with E-state index in [0.717, 1.165) is 5.56 Å². The summed E-state index contributed by atoms with van der Waals surface area (Å²) in [6, 6.07) is 9.79. The van der Waals surface area contributed by atoms with Crippen LogP contribution >= 0.6 is 0 Å². The molecule has 0 bridgehead atoms. The Bertz CT molecular complexity index is 223. The summed E-state index contributed by atoms with van der Waals surface area (Å²) in [5.41, 5.74) is 1.13. The van der Waals surface area contributed by atoms with Crippen molar-refractivity contribution in [2.45, 2.75) is 25.6 Å². The summed E-state index contributed by atoms with van der Waals surface area (Å²) in [5.74, 6) is -1.55. The molecule has 0 spiro atoms. The molecule has 0 saturated carbocycles. The minimum absolute atomic E-state index is 0.372. The number of hydrogen-bond donors (Lipinski definition) is 2. The second kappa shape index (κ2) is 3.70. The van der Waals surface area contributed by atoms with Gasteiger partial charge in [0.1, 0.15) is 0 Å². The van der Waals surface area contributed by atoms with Gasteiger partial charge in [-0.2, -0.15) is 0 Å². The zero-order valence-electron chi connectivity index (χ0n) is 7.20. The van der Waals surface area contributed by atoms with Gasteiger partial charge >= 0.3 is 0 Å². The molecule has 0 aromatic heterocycles. The predicted molar refractivity (Wildman–Crippen MR) is 47.6 cm³/mol. The van der Waals surface area contributed by atoms with E-state index in [1.807, 2.05) is 30.3 Å². The molecule has 2 N–H and O–H groups in total. The summed E-state index contributed by atoms with van der Waals surface area (Å²) in [6.45, 7) is 1.40. The Morgan fingerprint density at radius 1 is 1.17 bits per heavy atom. The molecule has 0 atom stereocenters. The maximum Gasteiger partial charge on any atom is 0.159 e. The van der Waals surface area contributed by atoms with Crippen LogP contribution in [0.3, 0.4) is 0 Å². The lowest BCUT2D eigenvalue weighted by Gasteiger charge is -2.14. The summed E-state index contributed by atoms with van der Waals surface area (Å²) >= 11 is 0. The molecule has 2 heteroatoms. The van der Waals surface area contributed by atoms with Crippen molar-refractivity contribution in [1.29, 1.82) is 0 Å². The summed E-state index contributed by atoms with van der Waals surface area (Å²) in [5, 5.41) is 18.1. The summed E-state index contributed by atoms with van der Waals surface area (Å²) < 4.78 is 0. The second-order valence-electron chi connectivity index (χ2n) is 3.20. The van der Waals surface area contributed by atoms with E-state index >= 15 is 0 Å². The number of aryl methyl sites for hydroxylation is 1. The molecular formula is C10H14O2. The fraction of sp³-hybridized carbons (Fsp3) is 0.400. The van der Waals surface area contributed by atoms with E-state index < -0.39 is 5.79 Å². The molecule has 0 aliphatic heterocycles. The fourth-order valence-corrected chi connectivity index (χ4v) is 1.03. The maximum absolute atomic E-state index is 9.03. The number of rotatable bonds is 3. The first-order valence-electron chi connectivity index (χ1n) is 4.07. The lowest BCUT2D eigenvalue weighted by Crippen LogP contribution is -2.23. The Morgan fingerprint density at radius 2 is 1.75 bits per heavy atom. The highest BCUT2D eigenvalue weighted by Crippen LogP contribution is 2.10. The van der Waals surface area contributed by atoms with Gasteiger partial charge in [0.25, 0.3) is 0 Å². The van der Waals surface area contributed by atoms with Crippen molar-refractivity contribution in [2.24, 2.45) is 0 Å². The smallest absolute Gasteiger partial charge is 0.159 e. The maximum atomic E-state index is 9.03. The summed E-state index contributed by atoms with van der Waals surface area (Å²) in [6.07, 6.45) is 1.07. The fourth-order valence-electron chi connectivity index (χ4n) is 1.03. The Hall–Kier alpha value is -0.860. The molecule has 0 unspecified atom stereocenters. The molecule has 0 fully saturated rings. The highest BCUT2D eigenvalue weighted by Gasteiger charge is 2.13. The van der Waals surface area contributed by atoms with Crippen LogP contribution in [0.1, 0.15) is 18.9 Å². The third kappa shape index (κ3) is 3.51. The molecule has 0 radical (unpaired) electrons. The molecule has 1 aromatic carbocycles.